The van der Waals surface area contributed by atoms with Crippen LogP contribution in [0.1, 0.15) is 21.7 Å². The summed E-state index contributed by atoms with van der Waals surface area (Å²) in [6, 6.07) is 9.81. The van der Waals surface area contributed by atoms with E-state index in [2.05, 4.69) is 5.32 Å². The molecule has 2 heterocycles. The molecule has 2 aromatic rings. The lowest BCUT2D eigenvalue weighted by molar-refractivity contribution is -0.115. The van der Waals surface area contributed by atoms with Gasteiger partial charge in [-0.05, 0) is 12.5 Å². The van der Waals surface area contributed by atoms with Gasteiger partial charge in [0.15, 0.2) is 5.78 Å². The van der Waals surface area contributed by atoms with Crippen LogP contribution in [0.4, 0.5) is 5.00 Å². The first kappa shape index (κ1) is 11.2. The highest BCUT2D eigenvalue weighted by Gasteiger charge is 2.29. The number of hydrogen-bond acceptors (Lipinski definition) is 3. The van der Waals surface area contributed by atoms with Gasteiger partial charge in [-0.25, -0.2) is 0 Å². The van der Waals surface area contributed by atoms with Crippen LogP contribution in [-0.4, -0.2) is 11.7 Å². The molecule has 0 radical (unpaired) electrons. The number of anilines is 1. The van der Waals surface area contributed by atoms with Crippen molar-refractivity contribution in [3.05, 3.63) is 40.8 Å². The average Bonchev–Trinajstić information content (AvgIpc) is 2.66. The van der Waals surface area contributed by atoms with Crippen LogP contribution in [0.25, 0.3) is 11.1 Å². The summed E-state index contributed by atoms with van der Waals surface area (Å²) in [5, 5.41) is 3.47. The van der Waals surface area contributed by atoms with Crippen molar-refractivity contribution < 1.29 is 9.59 Å². The van der Waals surface area contributed by atoms with E-state index in [1.165, 1.54) is 11.3 Å². The zero-order valence-corrected chi connectivity index (χ0v) is 10.6. The van der Waals surface area contributed by atoms with Crippen molar-refractivity contribution >= 4 is 28.0 Å². The fourth-order valence-corrected chi connectivity index (χ4v) is 3.37. The number of thiophene rings is 1. The normalized spacial score (nSPS) is 14.3. The number of benzene rings is 1. The highest BCUT2D eigenvalue weighted by molar-refractivity contribution is 7.17. The Morgan fingerprint density at radius 1 is 1.11 bits per heavy atom. The van der Waals surface area contributed by atoms with Crippen molar-refractivity contribution in [1.29, 1.82) is 0 Å². The molecular weight excluding hydrogens is 246 g/mol. The maximum absolute atomic E-state index is 12.0. The number of amides is 1. The molecule has 0 saturated heterocycles. The summed E-state index contributed by atoms with van der Waals surface area (Å²) in [7, 11) is 0. The maximum Gasteiger partial charge on any atom is 0.232 e. The Hall–Kier alpha value is -1.94. The van der Waals surface area contributed by atoms with Crippen LogP contribution in [0.3, 0.4) is 0 Å². The molecule has 0 spiro atoms. The second kappa shape index (κ2) is 4.07. The zero-order valence-electron chi connectivity index (χ0n) is 9.82. The molecule has 1 aliphatic rings. The lowest BCUT2D eigenvalue weighted by Crippen LogP contribution is -2.22. The van der Waals surface area contributed by atoms with Gasteiger partial charge >= 0.3 is 0 Å². The highest BCUT2D eigenvalue weighted by atomic mass is 32.1. The monoisotopic (exact) mass is 257 g/mol. The summed E-state index contributed by atoms with van der Waals surface area (Å²) in [6.07, 6.45) is -0.0526. The summed E-state index contributed by atoms with van der Waals surface area (Å²) in [5.41, 5.74) is 2.65. The topological polar surface area (TPSA) is 46.2 Å². The summed E-state index contributed by atoms with van der Waals surface area (Å²) in [4.78, 5) is 24.5. The van der Waals surface area contributed by atoms with Crippen LogP contribution >= 0.6 is 11.3 Å². The number of aryl methyl sites for hydroxylation is 1. The Kier molecular flexibility index (Phi) is 2.52. The van der Waals surface area contributed by atoms with E-state index in [1.807, 2.05) is 37.3 Å². The van der Waals surface area contributed by atoms with Crippen LogP contribution in [0.15, 0.2) is 30.3 Å². The van der Waals surface area contributed by atoms with Crippen LogP contribution < -0.4 is 5.32 Å². The molecule has 4 heteroatoms. The summed E-state index contributed by atoms with van der Waals surface area (Å²) in [6.45, 7) is 1.98. The zero-order chi connectivity index (χ0) is 12.7. The van der Waals surface area contributed by atoms with Crippen LogP contribution in [0, 0.1) is 6.92 Å². The maximum atomic E-state index is 12.0. The number of carbonyl (C=O) groups is 2. The third kappa shape index (κ3) is 1.66. The van der Waals surface area contributed by atoms with E-state index in [-0.39, 0.29) is 18.1 Å². The minimum Gasteiger partial charge on any atom is -0.317 e. The second-order valence-electron chi connectivity index (χ2n) is 4.25. The third-order valence-corrected chi connectivity index (χ3v) is 4.02. The molecule has 1 amide bonds. The predicted octanol–water partition coefficient (Wildman–Crippen LogP) is 3.25. The summed E-state index contributed by atoms with van der Waals surface area (Å²) in [5.74, 6) is -0.301. The number of fused-ring (bicyclic) bond motifs is 1. The van der Waals surface area contributed by atoms with Crippen LogP contribution in [0.5, 0.6) is 0 Å². The van der Waals surface area contributed by atoms with E-state index in [0.29, 0.717) is 10.6 Å². The van der Waals surface area contributed by atoms with Crippen molar-refractivity contribution in [2.45, 2.75) is 13.3 Å². The fourth-order valence-electron chi connectivity index (χ4n) is 2.26. The summed E-state index contributed by atoms with van der Waals surface area (Å²) < 4.78 is 0. The SMILES string of the molecule is Cc1sc2c(c1-c1ccccc1)C(=O)CC(=O)N2. The molecule has 0 aliphatic carbocycles. The van der Waals surface area contributed by atoms with E-state index in [4.69, 9.17) is 0 Å². The minimum atomic E-state index is -0.214. The van der Waals surface area contributed by atoms with Gasteiger partial charge < -0.3 is 5.32 Å². The van der Waals surface area contributed by atoms with Gasteiger partial charge in [0.2, 0.25) is 5.91 Å². The van der Waals surface area contributed by atoms with Gasteiger partial charge in [-0.15, -0.1) is 11.3 Å². The Bertz CT molecular complexity index is 643. The van der Waals surface area contributed by atoms with Gasteiger partial charge in [0.25, 0.3) is 0 Å². The van der Waals surface area contributed by atoms with E-state index in [0.717, 1.165) is 16.0 Å². The van der Waals surface area contributed by atoms with E-state index in [1.54, 1.807) is 0 Å². The van der Waals surface area contributed by atoms with E-state index < -0.39 is 0 Å². The van der Waals surface area contributed by atoms with Crippen molar-refractivity contribution in [2.75, 3.05) is 5.32 Å². The Morgan fingerprint density at radius 2 is 1.83 bits per heavy atom. The highest BCUT2D eigenvalue weighted by Crippen LogP contribution is 2.42. The first-order chi connectivity index (χ1) is 8.66. The standard InChI is InChI=1S/C14H11NO2S/c1-8-12(9-5-3-2-4-6-9)13-10(16)7-11(17)15-14(13)18-8/h2-6H,7H2,1H3,(H,15,17). The van der Waals surface area contributed by atoms with Gasteiger partial charge in [-0.3, -0.25) is 9.59 Å². The van der Waals surface area contributed by atoms with Gasteiger partial charge in [0.05, 0.1) is 12.0 Å². The smallest absolute Gasteiger partial charge is 0.232 e. The van der Waals surface area contributed by atoms with Gasteiger partial charge in [0.1, 0.15) is 5.00 Å². The number of Topliss-reactive ketones (excluding diaryl/α,β-unsaturated/α-hetero) is 1. The molecule has 1 aliphatic heterocycles. The molecule has 3 rings (SSSR count). The molecule has 0 saturated carbocycles. The molecular formula is C14H11NO2S. The first-order valence-electron chi connectivity index (χ1n) is 5.68. The van der Waals surface area contributed by atoms with Gasteiger partial charge in [0, 0.05) is 10.4 Å². The number of ketones is 1. The van der Waals surface area contributed by atoms with E-state index in [9.17, 15) is 9.59 Å². The number of rotatable bonds is 1. The van der Waals surface area contributed by atoms with Gasteiger partial charge in [-0.2, -0.15) is 0 Å². The van der Waals surface area contributed by atoms with E-state index >= 15 is 0 Å². The number of hydrogen-bond donors (Lipinski definition) is 1. The Morgan fingerprint density at radius 3 is 2.56 bits per heavy atom. The molecule has 0 unspecified atom stereocenters. The quantitative estimate of drug-likeness (QED) is 0.797. The van der Waals surface area contributed by atoms with Crippen molar-refractivity contribution in [1.82, 2.24) is 0 Å². The molecule has 1 aromatic carbocycles. The Labute approximate surface area is 108 Å². The largest absolute Gasteiger partial charge is 0.317 e. The van der Waals surface area contributed by atoms with Crippen LogP contribution in [-0.2, 0) is 4.79 Å². The molecule has 0 bridgehead atoms. The number of carbonyl (C=O) groups excluding carboxylic acids is 2. The number of nitrogens with one attached hydrogen (secondary N) is 1. The lowest BCUT2D eigenvalue weighted by Gasteiger charge is -2.13. The van der Waals surface area contributed by atoms with Crippen molar-refractivity contribution in [3.8, 4) is 11.1 Å². The van der Waals surface area contributed by atoms with Gasteiger partial charge in [-0.1, -0.05) is 30.3 Å². The second-order valence-corrected chi connectivity index (χ2v) is 5.48. The lowest BCUT2D eigenvalue weighted by atomic mass is 9.96. The predicted molar refractivity (Wildman–Crippen MR) is 72.1 cm³/mol. The Balaban J connectivity index is 2.23. The molecule has 1 N–H and O–H groups in total. The summed E-state index contributed by atoms with van der Waals surface area (Å²) >= 11 is 1.47. The van der Waals surface area contributed by atoms with Crippen LogP contribution in [0.2, 0.25) is 0 Å². The minimum absolute atomic E-state index is 0.0526. The first-order valence-corrected chi connectivity index (χ1v) is 6.50. The molecule has 18 heavy (non-hydrogen) atoms. The molecule has 3 nitrogen and oxygen atoms in total. The third-order valence-electron chi connectivity index (χ3n) is 3.00. The average molecular weight is 257 g/mol. The fraction of sp³-hybridized carbons (Fsp3) is 0.143. The molecule has 0 fully saturated rings. The molecule has 90 valence electrons. The molecule has 1 aromatic heterocycles. The van der Waals surface area contributed by atoms with Crippen molar-refractivity contribution in [3.63, 3.8) is 0 Å². The molecule has 0 atom stereocenters. The van der Waals surface area contributed by atoms with Crippen molar-refractivity contribution in [2.24, 2.45) is 0 Å².